The number of benzene rings is 1. The van der Waals surface area contributed by atoms with Crippen molar-refractivity contribution in [3.8, 4) is 0 Å². The van der Waals surface area contributed by atoms with Gasteiger partial charge in [0.2, 0.25) is 5.91 Å². The molecule has 0 heterocycles. The Bertz CT molecular complexity index is 648. The summed E-state index contributed by atoms with van der Waals surface area (Å²) >= 11 is 0. The van der Waals surface area contributed by atoms with Gasteiger partial charge in [-0.15, -0.1) is 0 Å². The van der Waals surface area contributed by atoms with Crippen LogP contribution >= 0.6 is 0 Å². The Labute approximate surface area is 156 Å². The number of carbonyl (C=O) groups is 4. The van der Waals surface area contributed by atoms with Crippen LogP contribution in [0.2, 0.25) is 0 Å². The number of aliphatic hydroxyl groups excluding tert-OH is 1. The lowest BCUT2D eigenvalue weighted by Crippen LogP contribution is -2.43. The monoisotopic (exact) mass is 380 g/mol. The number of hydrogen-bond acceptors (Lipinski definition) is 6. The van der Waals surface area contributed by atoms with Crippen molar-refractivity contribution in [2.45, 2.75) is 44.9 Å². The van der Waals surface area contributed by atoms with Crippen molar-refractivity contribution >= 4 is 23.8 Å². The van der Waals surface area contributed by atoms with Crippen LogP contribution in [0.3, 0.4) is 0 Å². The SMILES string of the molecule is CC(=O)CC[C@H](NC(=O)C[C@@H](O)CNC(=O)OCc1ccccc1)C(=O)O. The fourth-order valence-electron chi connectivity index (χ4n) is 2.12. The second kappa shape index (κ2) is 11.6. The van der Waals surface area contributed by atoms with E-state index in [2.05, 4.69) is 10.6 Å². The molecule has 2 amide bonds. The van der Waals surface area contributed by atoms with Gasteiger partial charge in [0.25, 0.3) is 0 Å². The second-order valence-corrected chi connectivity index (χ2v) is 6.00. The van der Waals surface area contributed by atoms with Crippen molar-refractivity contribution in [2.75, 3.05) is 6.54 Å². The third-order valence-corrected chi connectivity index (χ3v) is 3.53. The quantitative estimate of drug-likeness (QED) is 0.440. The molecular weight excluding hydrogens is 356 g/mol. The average Bonchev–Trinajstić information content (AvgIpc) is 2.62. The van der Waals surface area contributed by atoms with E-state index >= 15 is 0 Å². The number of Topliss-reactive ketones (excluding diaryl/α,β-unsaturated/α-hetero) is 1. The Kier molecular flexibility index (Phi) is 9.52. The molecule has 2 atom stereocenters. The Morgan fingerprint density at radius 2 is 1.81 bits per heavy atom. The van der Waals surface area contributed by atoms with Crippen molar-refractivity contribution in [1.82, 2.24) is 10.6 Å². The topological polar surface area (TPSA) is 142 Å². The predicted molar refractivity (Wildman–Crippen MR) is 94.7 cm³/mol. The van der Waals surface area contributed by atoms with Gasteiger partial charge in [0.1, 0.15) is 18.4 Å². The van der Waals surface area contributed by atoms with Crippen LogP contribution in [0.25, 0.3) is 0 Å². The normalized spacial score (nSPS) is 12.5. The molecule has 27 heavy (non-hydrogen) atoms. The highest BCUT2D eigenvalue weighted by molar-refractivity contribution is 5.84. The molecular formula is C18H24N2O7. The molecule has 0 unspecified atom stereocenters. The van der Waals surface area contributed by atoms with Crippen molar-refractivity contribution in [3.05, 3.63) is 35.9 Å². The van der Waals surface area contributed by atoms with Crippen LogP contribution in [0.15, 0.2) is 30.3 Å². The number of aliphatic carboxylic acids is 1. The molecule has 0 aliphatic carbocycles. The Morgan fingerprint density at radius 3 is 2.41 bits per heavy atom. The zero-order chi connectivity index (χ0) is 20.2. The van der Waals surface area contributed by atoms with Gasteiger partial charge in [0.15, 0.2) is 0 Å². The average molecular weight is 380 g/mol. The fraction of sp³-hybridized carbons (Fsp3) is 0.444. The molecule has 148 valence electrons. The number of rotatable bonds is 11. The minimum atomic E-state index is -1.26. The van der Waals surface area contributed by atoms with Gasteiger partial charge >= 0.3 is 12.1 Å². The summed E-state index contributed by atoms with van der Waals surface area (Å²) in [4.78, 5) is 45.4. The minimum Gasteiger partial charge on any atom is -0.480 e. The molecule has 0 saturated carbocycles. The van der Waals surface area contributed by atoms with Gasteiger partial charge < -0.3 is 30.4 Å². The number of aliphatic hydroxyl groups is 1. The van der Waals surface area contributed by atoms with E-state index in [1.807, 2.05) is 6.07 Å². The zero-order valence-electron chi connectivity index (χ0n) is 15.0. The predicted octanol–water partition coefficient (Wildman–Crippen LogP) is 0.602. The smallest absolute Gasteiger partial charge is 0.407 e. The van der Waals surface area contributed by atoms with E-state index in [4.69, 9.17) is 9.84 Å². The summed E-state index contributed by atoms with van der Waals surface area (Å²) in [6, 6.07) is 7.81. The number of carboxylic acids is 1. The standard InChI is InChI=1S/C18H24N2O7/c1-12(21)7-8-15(17(24)25)20-16(23)9-14(22)10-19-18(26)27-11-13-5-3-2-4-6-13/h2-6,14-15,22H,7-11H2,1H3,(H,19,26)(H,20,23)(H,24,25)/t14-,15+/m1/s1. The van der Waals surface area contributed by atoms with Gasteiger partial charge in [-0.1, -0.05) is 30.3 Å². The third kappa shape index (κ3) is 9.95. The summed E-state index contributed by atoms with van der Waals surface area (Å²) in [5, 5.41) is 23.4. The molecule has 1 aromatic rings. The maximum absolute atomic E-state index is 11.8. The molecule has 0 aliphatic rings. The molecule has 0 aliphatic heterocycles. The lowest BCUT2D eigenvalue weighted by Gasteiger charge is -2.16. The molecule has 1 aromatic carbocycles. The second-order valence-electron chi connectivity index (χ2n) is 6.00. The first kappa shape index (κ1) is 22.1. The Morgan fingerprint density at radius 1 is 1.15 bits per heavy atom. The van der Waals surface area contributed by atoms with Crippen molar-refractivity contribution in [1.29, 1.82) is 0 Å². The summed E-state index contributed by atoms with van der Waals surface area (Å²) in [6.07, 6.45) is -2.37. The molecule has 9 nitrogen and oxygen atoms in total. The highest BCUT2D eigenvalue weighted by Gasteiger charge is 2.22. The van der Waals surface area contributed by atoms with E-state index in [0.29, 0.717) is 0 Å². The van der Waals surface area contributed by atoms with Crippen LogP contribution in [0.1, 0.15) is 31.7 Å². The van der Waals surface area contributed by atoms with E-state index in [-0.39, 0.29) is 31.8 Å². The summed E-state index contributed by atoms with van der Waals surface area (Å²) in [7, 11) is 0. The molecule has 0 radical (unpaired) electrons. The van der Waals surface area contributed by atoms with Gasteiger partial charge in [-0.3, -0.25) is 4.79 Å². The Balaban J connectivity index is 2.30. The number of amides is 2. The Hall–Kier alpha value is -2.94. The summed E-state index contributed by atoms with van der Waals surface area (Å²) in [5.41, 5.74) is 0.804. The lowest BCUT2D eigenvalue weighted by atomic mass is 10.1. The van der Waals surface area contributed by atoms with Gasteiger partial charge in [0.05, 0.1) is 12.5 Å². The number of alkyl carbamates (subject to hydrolysis) is 1. The number of nitrogens with one attached hydrogen (secondary N) is 2. The van der Waals surface area contributed by atoms with Crippen molar-refractivity contribution in [2.24, 2.45) is 0 Å². The number of carbonyl (C=O) groups excluding carboxylic acids is 3. The van der Waals surface area contributed by atoms with Gasteiger partial charge in [-0.2, -0.15) is 0 Å². The van der Waals surface area contributed by atoms with Crippen LogP contribution in [0, 0.1) is 0 Å². The van der Waals surface area contributed by atoms with Crippen LogP contribution in [-0.2, 0) is 25.7 Å². The molecule has 0 fully saturated rings. The summed E-state index contributed by atoms with van der Waals surface area (Å²) in [6.45, 7) is 1.17. The van der Waals surface area contributed by atoms with E-state index in [1.54, 1.807) is 24.3 Å². The summed E-state index contributed by atoms with van der Waals surface area (Å²) < 4.78 is 4.96. The van der Waals surface area contributed by atoms with Crippen LogP contribution in [0.5, 0.6) is 0 Å². The number of ketones is 1. The molecule has 1 rings (SSSR count). The molecule has 4 N–H and O–H groups in total. The van der Waals surface area contributed by atoms with Gasteiger partial charge in [-0.05, 0) is 18.9 Å². The summed E-state index contributed by atoms with van der Waals surface area (Å²) in [5.74, 6) is -2.15. The van der Waals surface area contributed by atoms with Crippen LogP contribution in [-0.4, -0.2) is 52.7 Å². The van der Waals surface area contributed by atoms with E-state index < -0.39 is 36.5 Å². The molecule has 0 spiro atoms. The number of hydrogen-bond donors (Lipinski definition) is 4. The number of ether oxygens (including phenoxy) is 1. The van der Waals surface area contributed by atoms with E-state index in [1.165, 1.54) is 6.92 Å². The maximum Gasteiger partial charge on any atom is 0.407 e. The first-order chi connectivity index (χ1) is 12.8. The third-order valence-electron chi connectivity index (χ3n) is 3.53. The number of carboxylic acid groups (broad SMARTS) is 1. The highest BCUT2D eigenvalue weighted by atomic mass is 16.5. The maximum atomic E-state index is 11.8. The van der Waals surface area contributed by atoms with E-state index in [9.17, 15) is 24.3 Å². The molecule has 0 aromatic heterocycles. The largest absolute Gasteiger partial charge is 0.480 e. The van der Waals surface area contributed by atoms with E-state index in [0.717, 1.165) is 5.56 Å². The molecule has 0 saturated heterocycles. The van der Waals surface area contributed by atoms with Gasteiger partial charge in [-0.25, -0.2) is 9.59 Å². The minimum absolute atomic E-state index is 0.0224. The van der Waals surface area contributed by atoms with Crippen LogP contribution < -0.4 is 10.6 Å². The first-order valence-electron chi connectivity index (χ1n) is 8.42. The van der Waals surface area contributed by atoms with Gasteiger partial charge in [0, 0.05) is 13.0 Å². The molecule has 9 heteroatoms. The van der Waals surface area contributed by atoms with Crippen molar-refractivity contribution < 1.29 is 34.1 Å². The van der Waals surface area contributed by atoms with Crippen molar-refractivity contribution in [3.63, 3.8) is 0 Å². The van der Waals surface area contributed by atoms with Crippen LogP contribution in [0.4, 0.5) is 4.79 Å². The highest BCUT2D eigenvalue weighted by Crippen LogP contribution is 2.02. The lowest BCUT2D eigenvalue weighted by molar-refractivity contribution is -0.142. The molecule has 0 bridgehead atoms. The zero-order valence-corrected chi connectivity index (χ0v) is 15.0. The first-order valence-corrected chi connectivity index (χ1v) is 8.42. The fourth-order valence-corrected chi connectivity index (χ4v) is 2.12.